The van der Waals surface area contributed by atoms with Gasteiger partial charge in [0.1, 0.15) is 11.5 Å². The summed E-state index contributed by atoms with van der Waals surface area (Å²) in [7, 11) is 0. The van der Waals surface area contributed by atoms with Gasteiger partial charge in [-0.05, 0) is 24.3 Å². The monoisotopic (exact) mass is 430 g/mol. The molecule has 4 aromatic rings. The topological polar surface area (TPSA) is 77.6 Å². The number of benzene rings is 1. The number of amides is 1. The minimum absolute atomic E-state index is 0.107. The van der Waals surface area contributed by atoms with Gasteiger partial charge in [0.25, 0.3) is 5.91 Å². The molecule has 3 aromatic heterocycles. The van der Waals surface area contributed by atoms with Crippen LogP contribution in [0, 0.1) is 5.82 Å². The standard InChI is InChI=1S/C20H14F4N6O/c21-15-6-1-2-7-16(15)30-17(20(22,23)24)14(12-28-30)19(31)26-11-13-5-3-8-25-18(13)29-10-4-9-27-29/h1-10,12H,11H2,(H,26,31). The molecule has 0 fully saturated rings. The Balaban J connectivity index is 1.64. The summed E-state index contributed by atoms with van der Waals surface area (Å²) in [5.41, 5.74) is -1.97. The van der Waals surface area contributed by atoms with Crippen LogP contribution in [0.15, 0.2) is 67.3 Å². The number of para-hydroxylation sites is 1. The van der Waals surface area contributed by atoms with Gasteiger partial charge in [0.05, 0.1) is 11.8 Å². The number of alkyl halides is 3. The number of hydrogen-bond acceptors (Lipinski definition) is 4. The zero-order valence-electron chi connectivity index (χ0n) is 15.7. The molecular weight excluding hydrogens is 416 g/mol. The van der Waals surface area contributed by atoms with Crippen molar-refractivity contribution in [1.82, 2.24) is 29.9 Å². The number of carbonyl (C=O) groups is 1. The Bertz CT molecular complexity index is 1220. The minimum atomic E-state index is -4.94. The molecule has 7 nitrogen and oxygen atoms in total. The summed E-state index contributed by atoms with van der Waals surface area (Å²) >= 11 is 0. The van der Waals surface area contributed by atoms with Crippen molar-refractivity contribution in [2.75, 3.05) is 0 Å². The maximum Gasteiger partial charge on any atom is 0.434 e. The number of halogens is 4. The van der Waals surface area contributed by atoms with E-state index >= 15 is 0 Å². The number of aromatic nitrogens is 5. The second kappa shape index (κ2) is 8.01. The van der Waals surface area contributed by atoms with E-state index in [9.17, 15) is 22.4 Å². The van der Waals surface area contributed by atoms with Crippen molar-refractivity contribution in [3.8, 4) is 11.5 Å². The molecule has 3 heterocycles. The Morgan fingerprint density at radius 2 is 1.84 bits per heavy atom. The van der Waals surface area contributed by atoms with Crippen LogP contribution in [0.1, 0.15) is 21.6 Å². The molecule has 158 valence electrons. The minimum Gasteiger partial charge on any atom is -0.348 e. The third kappa shape index (κ3) is 4.02. The fraction of sp³-hybridized carbons (Fsp3) is 0.100. The number of nitrogens with zero attached hydrogens (tertiary/aromatic N) is 5. The van der Waals surface area contributed by atoms with Gasteiger partial charge in [0, 0.05) is 30.7 Å². The Kier molecular flexibility index (Phi) is 5.24. The highest BCUT2D eigenvalue weighted by Crippen LogP contribution is 2.34. The van der Waals surface area contributed by atoms with E-state index in [-0.39, 0.29) is 6.54 Å². The molecule has 0 aliphatic rings. The van der Waals surface area contributed by atoms with E-state index in [2.05, 4.69) is 20.5 Å². The lowest BCUT2D eigenvalue weighted by atomic mass is 10.2. The molecule has 4 rings (SSSR count). The van der Waals surface area contributed by atoms with Gasteiger partial charge in [-0.2, -0.15) is 23.4 Å². The van der Waals surface area contributed by atoms with E-state index in [1.54, 1.807) is 30.6 Å². The van der Waals surface area contributed by atoms with Gasteiger partial charge in [-0.25, -0.2) is 18.7 Å². The van der Waals surface area contributed by atoms with Gasteiger partial charge in [-0.15, -0.1) is 0 Å². The Morgan fingerprint density at radius 1 is 1.03 bits per heavy atom. The van der Waals surface area contributed by atoms with E-state index in [1.807, 2.05) is 0 Å². The van der Waals surface area contributed by atoms with Gasteiger partial charge >= 0.3 is 6.18 Å². The van der Waals surface area contributed by atoms with Crippen molar-refractivity contribution in [3.05, 3.63) is 89.9 Å². The van der Waals surface area contributed by atoms with Gasteiger partial charge < -0.3 is 5.32 Å². The van der Waals surface area contributed by atoms with Crippen LogP contribution in [0.3, 0.4) is 0 Å². The number of rotatable bonds is 5. The highest BCUT2D eigenvalue weighted by molar-refractivity contribution is 5.95. The molecule has 0 unspecified atom stereocenters. The smallest absolute Gasteiger partial charge is 0.348 e. The van der Waals surface area contributed by atoms with Gasteiger partial charge in [-0.3, -0.25) is 4.79 Å². The maximum atomic E-state index is 14.1. The van der Waals surface area contributed by atoms with Crippen molar-refractivity contribution in [2.45, 2.75) is 12.7 Å². The van der Waals surface area contributed by atoms with Gasteiger partial charge in [0.15, 0.2) is 11.5 Å². The van der Waals surface area contributed by atoms with Crippen LogP contribution >= 0.6 is 0 Å². The first-order chi connectivity index (χ1) is 14.9. The van der Waals surface area contributed by atoms with E-state index in [0.29, 0.717) is 16.1 Å². The van der Waals surface area contributed by atoms with Crippen LogP contribution in [-0.2, 0) is 12.7 Å². The van der Waals surface area contributed by atoms with Gasteiger partial charge in [-0.1, -0.05) is 18.2 Å². The second-order valence-corrected chi connectivity index (χ2v) is 6.39. The Morgan fingerprint density at radius 3 is 2.55 bits per heavy atom. The number of carbonyl (C=O) groups excluding carboxylic acids is 1. The SMILES string of the molecule is O=C(NCc1cccnc1-n1cccn1)c1cnn(-c2ccccc2F)c1C(F)(F)F. The molecular formula is C20H14F4N6O. The molecule has 0 aliphatic carbocycles. The molecule has 0 saturated heterocycles. The molecule has 1 aromatic carbocycles. The highest BCUT2D eigenvalue weighted by Gasteiger charge is 2.41. The average molecular weight is 430 g/mol. The zero-order valence-corrected chi connectivity index (χ0v) is 15.7. The fourth-order valence-electron chi connectivity index (χ4n) is 3.03. The molecule has 0 aliphatic heterocycles. The van der Waals surface area contributed by atoms with Crippen LogP contribution in [0.5, 0.6) is 0 Å². The summed E-state index contributed by atoms with van der Waals surface area (Å²) in [6, 6.07) is 9.85. The summed E-state index contributed by atoms with van der Waals surface area (Å²) in [6.45, 7) is -0.107. The first-order valence-corrected chi connectivity index (χ1v) is 8.98. The quantitative estimate of drug-likeness (QED) is 0.492. The second-order valence-electron chi connectivity index (χ2n) is 6.39. The van der Waals surface area contributed by atoms with Crippen LogP contribution in [0.2, 0.25) is 0 Å². The fourth-order valence-corrected chi connectivity index (χ4v) is 3.03. The molecule has 0 atom stereocenters. The van der Waals surface area contributed by atoms with Crippen molar-refractivity contribution in [2.24, 2.45) is 0 Å². The van der Waals surface area contributed by atoms with Crippen LogP contribution in [-0.4, -0.2) is 30.5 Å². The molecule has 0 saturated carbocycles. The number of nitrogens with one attached hydrogen (secondary N) is 1. The van der Waals surface area contributed by atoms with Crippen LogP contribution in [0.25, 0.3) is 11.5 Å². The normalized spacial score (nSPS) is 11.5. The molecule has 0 radical (unpaired) electrons. The molecule has 11 heteroatoms. The summed E-state index contributed by atoms with van der Waals surface area (Å²) in [6.07, 6.45) is 0.544. The lowest BCUT2D eigenvalue weighted by molar-refractivity contribution is -0.143. The Labute approximate surface area is 173 Å². The first-order valence-electron chi connectivity index (χ1n) is 8.98. The zero-order chi connectivity index (χ0) is 22.0. The number of hydrogen-bond donors (Lipinski definition) is 1. The number of pyridine rings is 1. The summed E-state index contributed by atoms with van der Waals surface area (Å²) in [5, 5.41) is 10.1. The largest absolute Gasteiger partial charge is 0.434 e. The molecule has 0 bridgehead atoms. The maximum absolute atomic E-state index is 14.1. The molecule has 0 spiro atoms. The van der Waals surface area contributed by atoms with E-state index in [1.165, 1.54) is 23.0 Å². The molecule has 1 amide bonds. The summed E-state index contributed by atoms with van der Waals surface area (Å²) in [4.78, 5) is 16.8. The third-order valence-electron chi connectivity index (χ3n) is 4.39. The molecule has 31 heavy (non-hydrogen) atoms. The van der Waals surface area contributed by atoms with Gasteiger partial charge in [0.2, 0.25) is 0 Å². The predicted molar refractivity (Wildman–Crippen MR) is 101 cm³/mol. The summed E-state index contributed by atoms with van der Waals surface area (Å²) < 4.78 is 57.2. The van der Waals surface area contributed by atoms with Crippen LogP contribution < -0.4 is 5.32 Å². The third-order valence-corrected chi connectivity index (χ3v) is 4.39. The lowest BCUT2D eigenvalue weighted by Gasteiger charge is -2.14. The average Bonchev–Trinajstić information content (AvgIpc) is 3.42. The van der Waals surface area contributed by atoms with Crippen molar-refractivity contribution >= 4 is 5.91 Å². The molecule has 1 N–H and O–H groups in total. The first kappa shape index (κ1) is 20.3. The Hall–Kier alpha value is -4.02. The van der Waals surface area contributed by atoms with E-state index < -0.39 is 34.8 Å². The van der Waals surface area contributed by atoms with Crippen LogP contribution in [0.4, 0.5) is 17.6 Å². The predicted octanol–water partition coefficient (Wildman–Crippen LogP) is 3.54. The summed E-state index contributed by atoms with van der Waals surface area (Å²) in [5.74, 6) is -1.49. The van der Waals surface area contributed by atoms with Crippen molar-refractivity contribution in [1.29, 1.82) is 0 Å². The van der Waals surface area contributed by atoms with Crippen molar-refractivity contribution < 1.29 is 22.4 Å². The highest BCUT2D eigenvalue weighted by atomic mass is 19.4. The van der Waals surface area contributed by atoms with E-state index in [0.717, 1.165) is 18.3 Å². The lowest BCUT2D eigenvalue weighted by Crippen LogP contribution is -2.27. The van der Waals surface area contributed by atoms with E-state index in [4.69, 9.17) is 0 Å². The van der Waals surface area contributed by atoms with Crippen molar-refractivity contribution in [3.63, 3.8) is 0 Å².